The second-order valence-corrected chi connectivity index (χ2v) is 4.95. The van der Waals surface area contributed by atoms with Crippen LogP contribution in [0.5, 0.6) is 5.75 Å². The molecule has 0 spiro atoms. The van der Waals surface area contributed by atoms with Gasteiger partial charge in [-0.2, -0.15) is 0 Å². The van der Waals surface area contributed by atoms with Gasteiger partial charge in [-0.1, -0.05) is 12.1 Å². The van der Waals surface area contributed by atoms with Crippen LogP contribution in [-0.4, -0.2) is 19.2 Å². The monoisotopic (exact) mass is 217 g/mol. The highest BCUT2D eigenvalue weighted by atomic mass is 16.5. The molecule has 1 aromatic rings. The van der Waals surface area contributed by atoms with Gasteiger partial charge >= 0.3 is 0 Å². The summed E-state index contributed by atoms with van der Waals surface area (Å²) < 4.78 is 5.95. The summed E-state index contributed by atoms with van der Waals surface area (Å²) in [6.07, 6.45) is 5.59. The molecule has 16 heavy (non-hydrogen) atoms. The topological polar surface area (TPSA) is 21.3 Å². The lowest BCUT2D eigenvalue weighted by molar-refractivity contribution is 0.210. The van der Waals surface area contributed by atoms with Crippen LogP contribution in [-0.2, 0) is 0 Å². The van der Waals surface area contributed by atoms with Crippen molar-refractivity contribution in [1.29, 1.82) is 0 Å². The second kappa shape index (κ2) is 4.46. The van der Waals surface area contributed by atoms with E-state index in [0.717, 1.165) is 24.8 Å². The first-order chi connectivity index (χ1) is 7.92. The van der Waals surface area contributed by atoms with Gasteiger partial charge in [-0.05, 0) is 43.4 Å². The molecule has 0 amide bonds. The summed E-state index contributed by atoms with van der Waals surface area (Å²) in [5.41, 5.74) is 1.44. The van der Waals surface area contributed by atoms with E-state index in [0.29, 0.717) is 6.10 Å². The van der Waals surface area contributed by atoms with E-state index in [-0.39, 0.29) is 0 Å². The average Bonchev–Trinajstić information content (AvgIpc) is 2.71. The predicted octanol–water partition coefficient (Wildman–Crippen LogP) is 2.69. The van der Waals surface area contributed by atoms with Gasteiger partial charge in [0, 0.05) is 19.0 Å². The Hall–Kier alpha value is -1.02. The maximum Gasteiger partial charge on any atom is 0.119 e. The third-order valence-electron chi connectivity index (χ3n) is 3.74. The molecule has 0 unspecified atom stereocenters. The molecule has 2 nitrogen and oxygen atoms in total. The van der Waals surface area contributed by atoms with Gasteiger partial charge in [0.05, 0.1) is 6.10 Å². The Morgan fingerprint density at radius 1 is 1.00 bits per heavy atom. The van der Waals surface area contributed by atoms with Crippen molar-refractivity contribution in [2.24, 2.45) is 0 Å². The minimum atomic E-state index is 0.469. The summed E-state index contributed by atoms with van der Waals surface area (Å²) in [5, 5.41) is 3.30. The molecular formula is C14H19NO. The summed E-state index contributed by atoms with van der Waals surface area (Å²) in [5.74, 6) is 1.77. The molecule has 1 aliphatic carbocycles. The van der Waals surface area contributed by atoms with Gasteiger partial charge in [0.2, 0.25) is 0 Å². The van der Waals surface area contributed by atoms with Gasteiger partial charge in [-0.3, -0.25) is 0 Å². The van der Waals surface area contributed by atoms with Crippen LogP contribution in [0.2, 0.25) is 0 Å². The normalized spacial score (nSPS) is 22.0. The van der Waals surface area contributed by atoms with Gasteiger partial charge in [-0.15, -0.1) is 0 Å². The van der Waals surface area contributed by atoms with Gasteiger partial charge < -0.3 is 10.1 Å². The van der Waals surface area contributed by atoms with Crippen molar-refractivity contribution in [1.82, 2.24) is 5.32 Å². The number of rotatable bonds is 3. The number of hydrogen-bond acceptors (Lipinski definition) is 2. The van der Waals surface area contributed by atoms with Crippen molar-refractivity contribution < 1.29 is 4.74 Å². The summed E-state index contributed by atoms with van der Waals surface area (Å²) in [6.45, 7) is 2.26. The van der Waals surface area contributed by atoms with E-state index in [1.807, 2.05) is 0 Å². The molecule has 1 aromatic carbocycles. The molecule has 0 radical (unpaired) electrons. The Bertz CT molecular complexity index is 336. The van der Waals surface area contributed by atoms with E-state index in [1.165, 1.54) is 31.2 Å². The zero-order valence-electron chi connectivity index (χ0n) is 9.61. The zero-order chi connectivity index (χ0) is 10.8. The largest absolute Gasteiger partial charge is 0.490 e. The van der Waals surface area contributed by atoms with Crippen molar-refractivity contribution in [3.05, 3.63) is 29.8 Å². The molecule has 0 aromatic heterocycles. The van der Waals surface area contributed by atoms with Crippen molar-refractivity contribution >= 4 is 0 Å². The summed E-state index contributed by atoms with van der Waals surface area (Å²) in [6, 6.07) is 8.70. The Balaban J connectivity index is 1.62. The number of nitrogens with one attached hydrogen (secondary N) is 1. The zero-order valence-corrected chi connectivity index (χ0v) is 9.61. The quantitative estimate of drug-likeness (QED) is 0.840. The summed E-state index contributed by atoms with van der Waals surface area (Å²) in [7, 11) is 0. The van der Waals surface area contributed by atoms with E-state index in [1.54, 1.807) is 0 Å². The first kappa shape index (κ1) is 10.2. The molecule has 1 heterocycles. The minimum absolute atomic E-state index is 0.469. The second-order valence-electron chi connectivity index (χ2n) is 4.95. The number of benzene rings is 1. The summed E-state index contributed by atoms with van der Waals surface area (Å²) in [4.78, 5) is 0. The molecule has 0 bridgehead atoms. The number of hydrogen-bond donors (Lipinski definition) is 1. The van der Waals surface area contributed by atoms with Crippen molar-refractivity contribution in [2.75, 3.05) is 13.1 Å². The molecule has 2 fully saturated rings. The van der Waals surface area contributed by atoms with E-state index >= 15 is 0 Å². The first-order valence-electron chi connectivity index (χ1n) is 6.39. The molecule has 1 N–H and O–H groups in total. The Labute approximate surface area is 97.0 Å². The average molecular weight is 217 g/mol. The van der Waals surface area contributed by atoms with Crippen LogP contribution < -0.4 is 10.1 Å². The SMILES string of the molecule is c1cc(C2CNC2)ccc1OC1CCCC1. The molecule has 1 aliphatic heterocycles. The lowest BCUT2D eigenvalue weighted by Gasteiger charge is -2.27. The standard InChI is InChI=1S/C14H19NO/c1-2-4-13(3-1)16-14-7-5-11(6-8-14)12-9-15-10-12/h5-8,12-13,15H,1-4,9-10H2. The molecule has 3 rings (SSSR count). The summed E-state index contributed by atoms with van der Waals surface area (Å²) >= 11 is 0. The lowest BCUT2D eigenvalue weighted by Crippen LogP contribution is -2.39. The minimum Gasteiger partial charge on any atom is -0.490 e. The van der Waals surface area contributed by atoms with E-state index in [4.69, 9.17) is 4.74 Å². The van der Waals surface area contributed by atoms with Crippen LogP contribution in [0.3, 0.4) is 0 Å². The van der Waals surface area contributed by atoms with E-state index in [2.05, 4.69) is 29.6 Å². The highest BCUT2D eigenvalue weighted by Gasteiger charge is 2.19. The predicted molar refractivity (Wildman–Crippen MR) is 64.9 cm³/mol. The third kappa shape index (κ3) is 2.07. The molecule has 86 valence electrons. The lowest BCUT2D eigenvalue weighted by atomic mass is 9.94. The van der Waals surface area contributed by atoms with Gasteiger partial charge in [0.1, 0.15) is 5.75 Å². The fourth-order valence-corrected chi connectivity index (χ4v) is 2.54. The van der Waals surface area contributed by atoms with Crippen molar-refractivity contribution in [3.8, 4) is 5.75 Å². The maximum atomic E-state index is 5.95. The van der Waals surface area contributed by atoms with E-state index in [9.17, 15) is 0 Å². The Kier molecular flexibility index (Phi) is 2.83. The smallest absolute Gasteiger partial charge is 0.119 e. The molecule has 1 saturated heterocycles. The van der Waals surface area contributed by atoms with Crippen LogP contribution >= 0.6 is 0 Å². The van der Waals surface area contributed by atoms with Crippen LogP contribution in [0.4, 0.5) is 0 Å². The molecule has 0 atom stereocenters. The fourth-order valence-electron chi connectivity index (χ4n) is 2.54. The van der Waals surface area contributed by atoms with E-state index < -0.39 is 0 Å². The Morgan fingerprint density at radius 2 is 1.69 bits per heavy atom. The molecule has 1 saturated carbocycles. The first-order valence-corrected chi connectivity index (χ1v) is 6.39. The highest BCUT2D eigenvalue weighted by Crippen LogP contribution is 2.26. The maximum absolute atomic E-state index is 5.95. The van der Waals surface area contributed by atoms with Crippen LogP contribution in [0, 0.1) is 0 Å². The third-order valence-corrected chi connectivity index (χ3v) is 3.74. The van der Waals surface area contributed by atoms with Crippen LogP contribution in [0.1, 0.15) is 37.2 Å². The molecular weight excluding hydrogens is 198 g/mol. The van der Waals surface area contributed by atoms with Gasteiger partial charge in [-0.25, -0.2) is 0 Å². The van der Waals surface area contributed by atoms with Gasteiger partial charge in [0.15, 0.2) is 0 Å². The molecule has 2 heteroatoms. The van der Waals surface area contributed by atoms with Crippen molar-refractivity contribution in [3.63, 3.8) is 0 Å². The van der Waals surface area contributed by atoms with Crippen LogP contribution in [0.15, 0.2) is 24.3 Å². The Morgan fingerprint density at radius 3 is 2.25 bits per heavy atom. The van der Waals surface area contributed by atoms with Gasteiger partial charge in [0.25, 0.3) is 0 Å². The molecule has 2 aliphatic rings. The highest BCUT2D eigenvalue weighted by molar-refractivity contribution is 5.31. The van der Waals surface area contributed by atoms with Crippen molar-refractivity contribution in [2.45, 2.75) is 37.7 Å². The fraction of sp³-hybridized carbons (Fsp3) is 0.571. The van der Waals surface area contributed by atoms with Crippen LogP contribution in [0.25, 0.3) is 0 Å². The number of ether oxygens (including phenoxy) is 1.